The maximum absolute atomic E-state index is 13.4. The molecule has 1 fully saturated rings. The molecule has 0 aliphatic carbocycles. The number of nitrogens with zero attached hydrogens (tertiary/aromatic N) is 4. The van der Waals surface area contributed by atoms with Gasteiger partial charge in [0.05, 0.1) is 25.9 Å². The van der Waals surface area contributed by atoms with E-state index in [1.165, 1.54) is 5.56 Å². The molecule has 2 amide bonds. The molecule has 0 unspecified atom stereocenters. The number of anilines is 3. The molecule has 0 radical (unpaired) electrons. The largest absolute Gasteiger partial charge is 0.497 e. The number of hydrogen-bond donors (Lipinski definition) is 2. The molecule has 2 aromatic heterocycles. The lowest BCUT2D eigenvalue weighted by Crippen LogP contribution is -2.46. The molecule has 5 aromatic rings. The van der Waals surface area contributed by atoms with Gasteiger partial charge < -0.3 is 29.7 Å². The van der Waals surface area contributed by atoms with Crippen LogP contribution in [-0.2, 0) is 11.3 Å². The Balaban J connectivity index is 1.28. The minimum atomic E-state index is -0.594. The van der Waals surface area contributed by atoms with Crippen LogP contribution in [0.4, 0.5) is 21.9 Å². The van der Waals surface area contributed by atoms with E-state index in [0.717, 1.165) is 41.1 Å². The molecule has 272 valence electrons. The van der Waals surface area contributed by atoms with Crippen LogP contribution in [0.2, 0.25) is 0 Å². The van der Waals surface area contributed by atoms with Crippen molar-refractivity contribution in [2.24, 2.45) is 0 Å². The van der Waals surface area contributed by atoms with E-state index in [9.17, 15) is 9.59 Å². The van der Waals surface area contributed by atoms with Crippen LogP contribution in [-0.4, -0.2) is 63.6 Å². The first-order valence-corrected chi connectivity index (χ1v) is 17.8. The number of methoxy groups -OCH3 is 1. The molecule has 6 rings (SSSR count). The van der Waals surface area contributed by atoms with Crippen molar-refractivity contribution < 1.29 is 23.8 Å². The number of nitrogens with one attached hydrogen (secondary N) is 2. The van der Waals surface area contributed by atoms with Gasteiger partial charge in [-0.1, -0.05) is 38.1 Å². The smallest absolute Gasteiger partial charge is 0.410 e. The van der Waals surface area contributed by atoms with E-state index in [1.54, 1.807) is 24.3 Å². The van der Waals surface area contributed by atoms with Crippen molar-refractivity contribution in [1.82, 2.24) is 19.7 Å². The van der Waals surface area contributed by atoms with Crippen molar-refractivity contribution >= 4 is 40.1 Å². The van der Waals surface area contributed by atoms with Crippen LogP contribution >= 0.6 is 0 Å². The average molecular weight is 705 g/mol. The Hall–Kier alpha value is -5.58. The lowest BCUT2D eigenvalue weighted by atomic mass is 9.97. The Morgan fingerprint density at radius 2 is 1.79 bits per heavy atom. The number of piperidine rings is 1. The standard InChI is InChI=1S/C41H48N6O5/c1-26(2)34-18-15-31(22-27(34)3)44-38(48)29-10-8-11-30(23-29)43-35-19-20-42-37-36(35)39(45-47(37)24-28-13-16-32(50-7)17-14-28)51-33-12-9-21-46(25-33)40(49)52-41(4,5)6/h8,10-11,13-20,22-23,26,33H,9,12,21,24-25H2,1-7H3,(H,42,43)(H,44,48)/t33-/m1/s1. The molecule has 3 aromatic carbocycles. The molecule has 1 atom stereocenters. The van der Waals surface area contributed by atoms with E-state index in [-0.39, 0.29) is 18.1 Å². The molecular formula is C41H48N6O5. The summed E-state index contributed by atoms with van der Waals surface area (Å²) in [5.41, 5.74) is 6.14. The molecule has 2 N–H and O–H groups in total. The Labute approximate surface area is 305 Å². The van der Waals surface area contributed by atoms with Gasteiger partial charge in [0.25, 0.3) is 5.91 Å². The molecule has 0 spiro atoms. The molecule has 0 saturated carbocycles. The molecule has 3 heterocycles. The number of fused-ring (bicyclic) bond motifs is 1. The van der Waals surface area contributed by atoms with Crippen molar-refractivity contribution in [2.45, 2.75) is 78.6 Å². The van der Waals surface area contributed by atoms with Gasteiger partial charge in [-0.2, -0.15) is 0 Å². The third-order valence-corrected chi connectivity index (χ3v) is 8.95. The molecule has 1 aliphatic heterocycles. The second-order valence-corrected chi connectivity index (χ2v) is 14.6. The van der Waals surface area contributed by atoms with Gasteiger partial charge in [0, 0.05) is 29.7 Å². The number of hydrogen-bond acceptors (Lipinski definition) is 8. The summed E-state index contributed by atoms with van der Waals surface area (Å²) in [6.07, 6.45) is 2.60. The predicted molar refractivity (Wildman–Crippen MR) is 204 cm³/mol. The topological polar surface area (TPSA) is 120 Å². The number of pyridine rings is 1. The number of rotatable bonds is 10. The Morgan fingerprint density at radius 1 is 1.00 bits per heavy atom. The lowest BCUT2D eigenvalue weighted by molar-refractivity contribution is 0.00732. The zero-order valence-electron chi connectivity index (χ0n) is 31.0. The second kappa shape index (κ2) is 15.3. The summed E-state index contributed by atoms with van der Waals surface area (Å²) in [6.45, 7) is 13.4. The highest BCUT2D eigenvalue weighted by atomic mass is 16.6. The molecule has 11 heteroatoms. The summed E-state index contributed by atoms with van der Waals surface area (Å²) in [5, 5.41) is 12.2. The van der Waals surface area contributed by atoms with Gasteiger partial charge in [0.15, 0.2) is 5.65 Å². The number of benzene rings is 3. The van der Waals surface area contributed by atoms with Crippen LogP contribution < -0.4 is 20.1 Å². The Kier molecular flexibility index (Phi) is 10.7. The quantitative estimate of drug-likeness (QED) is 0.148. The zero-order valence-corrected chi connectivity index (χ0v) is 31.0. The minimum absolute atomic E-state index is 0.205. The fraction of sp³-hybridized carbons (Fsp3) is 0.366. The molecule has 52 heavy (non-hydrogen) atoms. The highest BCUT2D eigenvalue weighted by Crippen LogP contribution is 2.35. The van der Waals surface area contributed by atoms with E-state index in [4.69, 9.17) is 24.3 Å². The van der Waals surface area contributed by atoms with Gasteiger partial charge in [-0.15, -0.1) is 5.10 Å². The first-order chi connectivity index (χ1) is 24.9. The summed E-state index contributed by atoms with van der Waals surface area (Å²) in [7, 11) is 1.64. The molecule has 1 saturated heterocycles. The first-order valence-electron chi connectivity index (χ1n) is 17.8. The highest BCUT2D eigenvalue weighted by Gasteiger charge is 2.30. The molecule has 11 nitrogen and oxygen atoms in total. The Bertz CT molecular complexity index is 2050. The van der Waals surface area contributed by atoms with Crippen molar-refractivity contribution in [1.29, 1.82) is 0 Å². The normalized spacial score (nSPS) is 14.7. The third kappa shape index (κ3) is 8.65. The van der Waals surface area contributed by atoms with Crippen molar-refractivity contribution in [3.8, 4) is 11.6 Å². The molecule has 1 aliphatic rings. The van der Waals surface area contributed by atoms with Crippen LogP contribution in [0.5, 0.6) is 11.6 Å². The first kappa shape index (κ1) is 36.2. The molecular weight excluding hydrogens is 656 g/mol. The Morgan fingerprint density at radius 3 is 2.50 bits per heavy atom. The van der Waals surface area contributed by atoms with Crippen molar-refractivity contribution in [2.75, 3.05) is 30.8 Å². The van der Waals surface area contributed by atoms with Crippen molar-refractivity contribution in [3.63, 3.8) is 0 Å². The van der Waals surface area contributed by atoms with Crippen LogP contribution in [0.15, 0.2) is 79.0 Å². The van der Waals surface area contributed by atoms with E-state index in [2.05, 4.69) is 37.5 Å². The second-order valence-electron chi connectivity index (χ2n) is 14.6. The number of carbonyl (C=O) groups excluding carboxylic acids is 2. The summed E-state index contributed by atoms with van der Waals surface area (Å²) >= 11 is 0. The number of ether oxygens (including phenoxy) is 3. The van der Waals surface area contributed by atoms with Crippen LogP contribution in [0.3, 0.4) is 0 Å². The van der Waals surface area contributed by atoms with Crippen LogP contribution in [0.1, 0.15) is 80.4 Å². The predicted octanol–water partition coefficient (Wildman–Crippen LogP) is 8.69. The monoisotopic (exact) mass is 704 g/mol. The van der Waals surface area contributed by atoms with Gasteiger partial charge in [-0.25, -0.2) is 14.5 Å². The number of aromatic nitrogens is 3. The highest BCUT2D eigenvalue weighted by molar-refractivity contribution is 6.05. The van der Waals surface area contributed by atoms with Crippen molar-refractivity contribution in [3.05, 3.63) is 101 Å². The van der Waals surface area contributed by atoms with E-state index >= 15 is 0 Å². The molecule has 0 bridgehead atoms. The average Bonchev–Trinajstić information content (AvgIpc) is 3.45. The number of aryl methyl sites for hydroxylation is 1. The van der Waals surface area contributed by atoms with Gasteiger partial charge in [-0.3, -0.25) is 4.79 Å². The fourth-order valence-corrected chi connectivity index (χ4v) is 6.45. The third-order valence-electron chi connectivity index (χ3n) is 8.95. The summed E-state index contributed by atoms with van der Waals surface area (Å²) in [6, 6.07) is 23.1. The summed E-state index contributed by atoms with van der Waals surface area (Å²) in [5.74, 6) is 1.37. The van der Waals surface area contributed by atoms with Gasteiger partial charge in [0.2, 0.25) is 5.88 Å². The number of carbonyl (C=O) groups is 2. The summed E-state index contributed by atoms with van der Waals surface area (Å²) in [4.78, 5) is 32.7. The fourth-order valence-electron chi connectivity index (χ4n) is 6.45. The van der Waals surface area contributed by atoms with Crippen LogP contribution in [0.25, 0.3) is 11.0 Å². The lowest BCUT2D eigenvalue weighted by Gasteiger charge is -2.33. The van der Waals surface area contributed by atoms with E-state index in [1.807, 2.05) is 86.1 Å². The van der Waals surface area contributed by atoms with E-state index < -0.39 is 5.60 Å². The summed E-state index contributed by atoms with van der Waals surface area (Å²) < 4.78 is 19.4. The van der Waals surface area contributed by atoms with Crippen LogP contribution in [0, 0.1) is 6.92 Å². The van der Waals surface area contributed by atoms with E-state index in [0.29, 0.717) is 53.7 Å². The minimum Gasteiger partial charge on any atom is -0.497 e. The van der Waals surface area contributed by atoms with Gasteiger partial charge in [0.1, 0.15) is 22.8 Å². The maximum atomic E-state index is 13.4. The number of likely N-dealkylation sites (tertiary alicyclic amines) is 1. The number of amides is 2. The maximum Gasteiger partial charge on any atom is 0.410 e. The van der Waals surface area contributed by atoms with Gasteiger partial charge >= 0.3 is 6.09 Å². The SMILES string of the molecule is COc1ccc(Cn2nc(O[C@@H]3CCCN(C(=O)OC(C)(C)C)C3)c3c(Nc4cccc(C(=O)Nc5ccc(C(C)C)c(C)c5)c4)ccnc32)cc1. The van der Waals surface area contributed by atoms with Gasteiger partial charge in [-0.05, 0) is 112 Å². The zero-order chi connectivity index (χ0) is 37.0.